The Morgan fingerprint density at radius 1 is 1.24 bits per heavy atom. The molecule has 1 N–H and O–H groups in total. The van der Waals surface area contributed by atoms with E-state index in [1.54, 1.807) is 12.1 Å². The van der Waals surface area contributed by atoms with Gasteiger partial charge in [0.05, 0.1) is 0 Å². The van der Waals surface area contributed by atoms with E-state index in [0.717, 1.165) is 23.4 Å². The molecule has 0 saturated heterocycles. The molecule has 112 valence electrons. The maximum atomic E-state index is 13.7. The monoisotopic (exact) mass is 323 g/mol. The van der Waals surface area contributed by atoms with E-state index in [4.69, 9.17) is 11.6 Å². The number of rotatable bonds is 6. The number of halogens is 2. The van der Waals surface area contributed by atoms with Crippen molar-refractivity contribution in [2.45, 2.75) is 36.1 Å². The lowest BCUT2D eigenvalue weighted by atomic mass is 10.1. The first kappa shape index (κ1) is 16.3. The van der Waals surface area contributed by atoms with Crippen molar-refractivity contribution in [3.63, 3.8) is 0 Å². The molecule has 0 aliphatic rings. The highest BCUT2D eigenvalue weighted by Gasteiger charge is 2.10. The molecular weight excluding hydrogens is 305 g/mol. The molecule has 0 amide bonds. The Balaban J connectivity index is 2.14. The van der Waals surface area contributed by atoms with E-state index < -0.39 is 0 Å². The summed E-state index contributed by atoms with van der Waals surface area (Å²) in [7, 11) is 0. The van der Waals surface area contributed by atoms with Gasteiger partial charge in [0.25, 0.3) is 0 Å². The minimum absolute atomic E-state index is 0.208. The van der Waals surface area contributed by atoms with Gasteiger partial charge in [-0.05, 0) is 49.7 Å². The fourth-order valence-corrected chi connectivity index (χ4v) is 3.34. The van der Waals surface area contributed by atoms with Crippen molar-refractivity contribution in [3.8, 4) is 0 Å². The summed E-state index contributed by atoms with van der Waals surface area (Å²) in [5.41, 5.74) is 1.07. The minimum Gasteiger partial charge on any atom is -0.310 e. The molecule has 0 radical (unpaired) electrons. The summed E-state index contributed by atoms with van der Waals surface area (Å²) in [6.07, 6.45) is 1.09. The van der Waals surface area contributed by atoms with Crippen LogP contribution in [0.4, 0.5) is 4.39 Å². The summed E-state index contributed by atoms with van der Waals surface area (Å²) >= 11 is 7.75. The number of nitrogens with one attached hydrogen (secondary N) is 1. The fourth-order valence-electron chi connectivity index (χ4n) is 2.05. The van der Waals surface area contributed by atoms with Gasteiger partial charge in [-0.25, -0.2) is 4.39 Å². The molecule has 0 fully saturated rings. The second-order valence-corrected chi connectivity index (χ2v) is 6.41. The van der Waals surface area contributed by atoms with Crippen LogP contribution in [-0.4, -0.2) is 6.54 Å². The molecule has 2 rings (SSSR count). The largest absolute Gasteiger partial charge is 0.310 e. The summed E-state index contributed by atoms with van der Waals surface area (Å²) in [5.74, 6) is -0.208. The SMILES string of the molecule is CCCNC(C)c1ccc(Sc2ccccc2F)cc1Cl. The van der Waals surface area contributed by atoms with E-state index in [0.29, 0.717) is 9.92 Å². The van der Waals surface area contributed by atoms with Gasteiger partial charge in [0.15, 0.2) is 0 Å². The third-order valence-corrected chi connectivity index (χ3v) is 4.57. The van der Waals surface area contributed by atoms with Gasteiger partial charge in [-0.15, -0.1) is 0 Å². The maximum absolute atomic E-state index is 13.7. The van der Waals surface area contributed by atoms with Gasteiger partial charge in [-0.1, -0.05) is 48.5 Å². The van der Waals surface area contributed by atoms with Crippen LogP contribution < -0.4 is 5.32 Å². The van der Waals surface area contributed by atoms with Crippen LogP contribution in [0.2, 0.25) is 5.02 Å². The Hall–Kier alpha value is -1.03. The summed E-state index contributed by atoms with van der Waals surface area (Å²) in [6, 6.07) is 12.9. The van der Waals surface area contributed by atoms with E-state index in [-0.39, 0.29) is 11.9 Å². The van der Waals surface area contributed by atoms with Crippen LogP contribution in [0.5, 0.6) is 0 Å². The summed E-state index contributed by atoms with van der Waals surface area (Å²) in [4.78, 5) is 1.55. The fraction of sp³-hybridized carbons (Fsp3) is 0.294. The molecule has 0 aliphatic carbocycles. The van der Waals surface area contributed by atoms with Crippen LogP contribution in [0.1, 0.15) is 31.9 Å². The van der Waals surface area contributed by atoms with Gasteiger partial charge >= 0.3 is 0 Å². The van der Waals surface area contributed by atoms with Gasteiger partial charge in [-0.3, -0.25) is 0 Å². The lowest BCUT2D eigenvalue weighted by Gasteiger charge is -2.16. The van der Waals surface area contributed by atoms with Gasteiger partial charge < -0.3 is 5.32 Å². The zero-order valence-corrected chi connectivity index (χ0v) is 13.8. The van der Waals surface area contributed by atoms with Gasteiger partial charge in [-0.2, -0.15) is 0 Å². The first-order chi connectivity index (χ1) is 10.1. The third kappa shape index (κ3) is 4.47. The zero-order valence-electron chi connectivity index (χ0n) is 12.2. The van der Waals surface area contributed by atoms with E-state index in [1.165, 1.54) is 17.8 Å². The molecule has 0 aromatic heterocycles. The first-order valence-electron chi connectivity index (χ1n) is 7.07. The Morgan fingerprint density at radius 3 is 2.67 bits per heavy atom. The lowest BCUT2D eigenvalue weighted by molar-refractivity contribution is 0.570. The van der Waals surface area contributed by atoms with Crippen molar-refractivity contribution in [1.29, 1.82) is 0 Å². The van der Waals surface area contributed by atoms with Crippen molar-refractivity contribution in [3.05, 3.63) is 58.9 Å². The van der Waals surface area contributed by atoms with Crippen molar-refractivity contribution in [2.24, 2.45) is 0 Å². The maximum Gasteiger partial charge on any atom is 0.137 e. The highest BCUT2D eigenvalue weighted by atomic mass is 35.5. The Morgan fingerprint density at radius 2 is 2.00 bits per heavy atom. The second kappa shape index (κ2) is 7.83. The van der Waals surface area contributed by atoms with E-state index in [2.05, 4.69) is 19.2 Å². The molecule has 0 spiro atoms. The predicted molar refractivity (Wildman–Crippen MR) is 88.7 cm³/mol. The van der Waals surface area contributed by atoms with Gasteiger partial charge in [0, 0.05) is 20.9 Å². The van der Waals surface area contributed by atoms with Gasteiger partial charge in [0.2, 0.25) is 0 Å². The zero-order chi connectivity index (χ0) is 15.2. The summed E-state index contributed by atoms with van der Waals surface area (Å²) in [5, 5.41) is 4.13. The first-order valence-corrected chi connectivity index (χ1v) is 8.26. The van der Waals surface area contributed by atoms with Crippen molar-refractivity contribution in [2.75, 3.05) is 6.54 Å². The lowest BCUT2D eigenvalue weighted by Crippen LogP contribution is -2.19. The van der Waals surface area contributed by atoms with E-state index >= 15 is 0 Å². The Bertz CT molecular complexity index is 603. The summed E-state index contributed by atoms with van der Waals surface area (Å²) in [6.45, 7) is 5.19. The van der Waals surface area contributed by atoms with Gasteiger partial charge in [0.1, 0.15) is 5.82 Å². The predicted octanol–water partition coefficient (Wildman–Crippen LogP) is 5.69. The Labute approximate surface area is 134 Å². The number of hydrogen-bond donors (Lipinski definition) is 1. The number of benzene rings is 2. The normalized spacial score (nSPS) is 12.4. The molecule has 21 heavy (non-hydrogen) atoms. The standard InChI is InChI=1S/C17H19ClFNS/c1-3-10-20-12(2)14-9-8-13(11-15(14)18)21-17-7-5-4-6-16(17)19/h4-9,11-12,20H,3,10H2,1-2H3. The average molecular weight is 324 g/mol. The minimum atomic E-state index is -0.208. The Kier molecular flexibility index (Phi) is 6.09. The van der Waals surface area contributed by atoms with Crippen LogP contribution in [0.3, 0.4) is 0 Å². The van der Waals surface area contributed by atoms with Crippen LogP contribution in [0.15, 0.2) is 52.3 Å². The van der Waals surface area contributed by atoms with Crippen LogP contribution >= 0.6 is 23.4 Å². The second-order valence-electron chi connectivity index (χ2n) is 4.89. The average Bonchev–Trinajstić information content (AvgIpc) is 2.47. The molecule has 0 saturated carbocycles. The van der Waals surface area contributed by atoms with Crippen LogP contribution in [-0.2, 0) is 0 Å². The van der Waals surface area contributed by atoms with Crippen molar-refractivity contribution >= 4 is 23.4 Å². The third-order valence-electron chi connectivity index (χ3n) is 3.20. The molecule has 2 aromatic carbocycles. The van der Waals surface area contributed by atoms with E-state index in [9.17, 15) is 4.39 Å². The number of hydrogen-bond acceptors (Lipinski definition) is 2. The molecular formula is C17H19ClFNS. The topological polar surface area (TPSA) is 12.0 Å². The highest BCUT2D eigenvalue weighted by molar-refractivity contribution is 7.99. The molecule has 1 atom stereocenters. The molecule has 0 bridgehead atoms. The highest BCUT2D eigenvalue weighted by Crippen LogP contribution is 2.33. The summed E-state index contributed by atoms with van der Waals surface area (Å²) < 4.78 is 13.7. The smallest absolute Gasteiger partial charge is 0.137 e. The van der Waals surface area contributed by atoms with Crippen molar-refractivity contribution in [1.82, 2.24) is 5.32 Å². The van der Waals surface area contributed by atoms with Crippen LogP contribution in [0, 0.1) is 5.82 Å². The molecule has 0 aliphatic heterocycles. The molecule has 1 nitrogen and oxygen atoms in total. The van der Waals surface area contributed by atoms with Crippen molar-refractivity contribution < 1.29 is 4.39 Å². The molecule has 2 aromatic rings. The van der Waals surface area contributed by atoms with Crippen LogP contribution in [0.25, 0.3) is 0 Å². The molecule has 0 heterocycles. The van der Waals surface area contributed by atoms with E-state index in [1.807, 2.05) is 24.3 Å². The molecule has 4 heteroatoms. The quantitative estimate of drug-likeness (QED) is 0.732. The molecule has 1 unspecified atom stereocenters.